The number of aromatic amines is 1. The molecule has 4 aromatic rings. The topological polar surface area (TPSA) is 95.2 Å². The minimum atomic E-state index is -3.91. The number of para-hydroxylation sites is 1. The summed E-state index contributed by atoms with van der Waals surface area (Å²) in [7, 11) is -3.91. The standard InChI is InChI=1S/C27H30N4O3S.ClH/c1-4-24(21-14-9-12-19-11-7-8-13-20(19)21)35(33,34)27-22-15-10-16-23(26(22)29-30-27)28-25(32)17-18-31(5-2)6-3;/h4,7-16,24H,1,5-6,17-18H2,2-3H3,(H,28,32)(H,29,30);1H. The van der Waals surface area contributed by atoms with Gasteiger partial charge in [0.05, 0.1) is 5.69 Å². The molecule has 0 fully saturated rings. The Morgan fingerprint density at radius 3 is 2.44 bits per heavy atom. The average molecular weight is 527 g/mol. The van der Waals surface area contributed by atoms with Gasteiger partial charge in [0.15, 0.2) is 5.03 Å². The molecule has 190 valence electrons. The molecule has 1 heterocycles. The molecule has 3 aromatic carbocycles. The number of anilines is 1. The van der Waals surface area contributed by atoms with Crippen molar-refractivity contribution in [2.75, 3.05) is 25.0 Å². The molecule has 2 N–H and O–H groups in total. The van der Waals surface area contributed by atoms with Crippen molar-refractivity contribution in [1.82, 2.24) is 15.1 Å². The lowest BCUT2D eigenvalue weighted by molar-refractivity contribution is -0.116. The van der Waals surface area contributed by atoms with Crippen molar-refractivity contribution in [2.24, 2.45) is 0 Å². The summed E-state index contributed by atoms with van der Waals surface area (Å²) in [5.41, 5.74) is 1.54. The highest BCUT2D eigenvalue weighted by Gasteiger charge is 2.31. The second-order valence-electron chi connectivity index (χ2n) is 8.35. The molecular formula is C27H31ClN4O3S. The van der Waals surface area contributed by atoms with Gasteiger partial charge in [0.25, 0.3) is 0 Å². The van der Waals surface area contributed by atoms with E-state index in [1.54, 1.807) is 18.2 Å². The molecule has 1 atom stereocenters. The zero-order chi connectivity index (χ0) is 25.0. The summed E-state index contributed by atoms with van der Waals surface area (Å²) in [5.74, 6) is -0.142. The zero-order valence-corrected chi connectivity index (χ0v) is 22.0. The first kappa shape index (κ1) is 27.4. The summed E-state index contributed by atoms with van der Waals surface area (Å²) in [4.78, 5) is 14.7. The molecular weight excluding hydrogens is 496 g/mol. The lowest BCUT2D eigenvalue weighted by atomic mass is 10.0. The lowest BCUT2D eigenvalue weighted by Gasteiger charge is -2.17. The minimum Gasteiger partial charge on any atom is -0.324 e. The zero-order valence-electron chi connectivity index (χ0n) is 20.4. The Morgan fingerprint density at radius 2 is 1.72 bits per heavy atom. The van der Waals surface area contributed by atoms with Gasteiger partial charge in [0.2, 0.25) is 15.7 Å². The van der Waals surface area contributed by atoms with Gasteiger partial charge < -0.3 is 10.2 Å². The number of halogens is 1. The second kappa shape index (κ2) is 11.7. The van der Waals surface area contributed by atoms with Crippen LogP contribution in [0.3, 0.4) is 0 Å². The molecule has 9 heteroatoms. The van der Waals surface area contributed by atoms with E-state index in [0.29, 0.717) is 35.1 Å². The van der Waals surface area contributed by atoms with Crippen molar-refractivity contribution in [3.8, 4) is 0 Å². The molecule has 7 nitrogen and oxygen atoms in total. The van der Waals surface area contributed by atoms with Crippen LogP contribution in [0.2, 0.25) is 0 Å². The Labute approximate surface area is 217 Å². The number of benzene rings is 3. The van der Waals surface area contributed by atoms with Crippen LogP contribution >= 0.6 is 12.4 Å². The highest BCUT2D eigenvalue weighted by atomic mass is 35.5. The monoisotopic (exact) mass is 526 g/mol. The molecule has 0 bridgehead atoms. The van der Waals surface area contributed by atoms with Crippen LogP contribution in [0.25, 0.3) is 21.7 Å². The fourth-order valence-electron chi connectivity index (χ4n) is 4.39. The Balaban J connectivity index is 0.00000361. The molecule has 0 saturated carbocycles. The third-order valence-corrected chi connectivity index (χ3v) is 8.33. The third kappa shape index (κ3) is 5.31. The van der Waals surface area contributed by atoms with Gasteiger partial charge in [-0.25, -0.2) is 8.42 Å². The van der Waals surface area contributed by atoms with E-state index in [1.807, 2.05) is 42.5 Å². The Morgan fingerprint density at radius 1 is 1.06 bits per heavy atom. The van der Waals surface area contributed by atoms with E-state index in [0.717, 1.165) is 23.9 Å². The van der Waals surface area contributed by atoms with Crippen LogP contribution in [0.1, 0.15) is 31.1 Å². The molecule has 1 aromatic heterocycles. The van der Waals surface area contributed by atoms with Crippen molar-refractivity contribution < 1.29 is 13.2 Å². The van der Waals surface area contributed by atoms with E-state index >= 15 is 0 Å². The Bertz CT molecular complexity index is 1470. The van der Waals surface area contributed by atoms with Crippen LogP contribution in [0, 0.1) is 0 Å². The van der Waals surface area contributed by atoms with Gasteiger partial charge in [0, 0.05) is 18.4 Å². The number of aromatic nitrogens is 2. The number of amides is 1. The number of rotatable bonds is 10. The lowest BCUT2D eigenvalue weighted by Crippen LogP contribution is -2.27. The first-order valence-electron chi connectivity index (χ1n) is 11.7. The fraction of sp³-hybridized carbons (Fsp3) is 0.259. The normalized spacial score (nSPS) is 12.4. The van der Waals surface area contributed by atoms with Crippen molar-refractivity contribution in [3.63, 3.8) is 0 Å². The molecule has 36 heavy (non-hydrogen) atoms. The summed E-state index contributed by atoms with van der Waals surface area (Å²) in [6, 6.07) is 18.4. The van der Waals surface area contributed by atoms with E-state index in [-0.39, 0.29) is 23.3 Å². The van der Waals surface area contributed by atoms with Gasteiger partial charge in [-0.05, 0) is 41.6 Å². The van der Waals surface area contributed by atoms with E-state index in [2.05, 4.69) is 40.8 Å². The molecule has 0 saturated heterocycles. The maximum absolute atomic E-state index is 13.8. The van der Waals surface area contributed by atoms with Gasteiger partial charge in [-0.2, -0.15) is 5.10 Å². The van der Waals surface area contributed by atoms with Gasteiger partial charge in [-0.15, -0.1) is 19.0 Å². The maximum atomic E-state index is 13.8. The molecule has 0 spiro atoms. The number of H-pyrrole nitrogens is 1. The molecule has 0 radical (unpaired) electrons. The Hall–Kier alpha value is -3.20. The van der Waals surface area contributed by atoms with Crippen molar-refractivity contribution >= 4 is 55.5 Å². The van der Waals surface area contributed by atoms with Crippen LogP contribution in [0.5, 0.6) is 0 Å². The number of carbonyl (C=O) groups excluding carboxylic acids is 1. The second-order valence-corrected chi connectivity index (χ2v) is 10.4. The summed E-state index contributed by atoms with van der Waals surface area (Å²) < 4.78 is 27.6. The highest BCUT2D eigenvalue weighted by molar-refractivity contribution is 7.92. The summed E-state index contributed by atoms with van der Waals surface area (Å²) in [6.07, 6.45) is 1.79. The van der Waals surface area contributed by atoms with Gasteiger partial charge >= 0.3 is 0 Å². The summed E-state index contributed by atoms with van der Waals surface area (Å²) in [6.45, 7) is 10.4. The van der Waals surface area contributed by atoms with Crippen LogP contribution in [-0.4, -0.2) is 49.1 Å². The quantitative estimate of drug-likeness (QED) is 0.266. The van der Waals surface area contributed by atoms with Gasteiger partial charge in [0.1, 0.15) is 10.8 Å². The van der Waals surface area contributed by atoms with E-state index < -0.39 is 15.1 Å². The van der Waals surface area contributed by atoms with Crippen molar-refractivity contribution in [2.45, 2.75) is 30.5 Å². The number of nitrogens with zero attached hydrogens (tertiary/aromatic N) is 2. The smallest absolute Gasteiger partial charge is 0.225 e. The summed E-state index contributed by atoms with van der Waals surface area (Å²) in [5, 5.41) is 11.2. The molecule has 4 rings (SSSR count). The van der Waals surface area contributed by atoms with Gasteiger partial charge in [-0.3, -0.25) is 9.89 Å². The van der Waals surface area contributed by atoms with E-state index in [4.69, 9.17) is 0 Å². The SMILES string of the molecule is C=CC(c1cccc2ccccc12)S(=O)(=O)c1[nH]nc2c(NC(=O)CCN(CC)CC)cccc12.Cl. The molecule has 1 amide bonds. The molecule has 0 aliphatic carbocycles. The fourth-order valence-corrected chi connectivity index (χ4v) is 6.08. The number of nitrogens with one attached hydrogen (secondary N) is 2. The van der Waals surface area contributed by atoms with Crippen LogP contribution in [0.4, 0.5) is 5.69 Å². The van der Waals surface area contributed by atoms with Crippen molar-refractivity contribution in [1.29, 1.82) is 0 Å². The van der Waals surface area contributed by atoms with Gasteiger partial charge in [-0.1, -0.05) is 68.5 Å². The number of sulfone groups is 1. The third-order valence-electron chi connectivity index (χ3n) is 6.34. The van der Waals surface area contributed by atoms with E-state index in [1.165, 1.54) is 6.08 Å². The Kier molecular flexibility index (Phi) is 8.89. The highest BCUT2D eigenvalue weighted by Crippen LogP contribution is 2.37. The number of hydrogen-bond donors (Lipinski definition) is 2. The van der Waals surface area contributed by atoms with Crippen LogP contribution < -0.4 is 5.32 Å². The first-order valence-corrected chi connectivity index (χ1v) is 13.3. The molecule has 0 aliphatic heterocycles. The van der Waals surface area contributed by atoms with Crippen LogP contribution in [0.15, 0.2) is 78.3 Å². The van der Waals surface area contributed by atoms with Crippen LogP contribution in [-0.2, 0) is 14.6 Å². The maximum Gasteiger partial charge on any atom is 0.225 e. The minimum absolute atomic E-state index is 0. The predicted octanol–water partition coefficient (Wildman–Crippen LogP) is 5.51. The average Bonchev–Trinajstić information content (AvgIpc) is 3.31. The molecule has 1 unspecified atom stereocenters. The van der Waals surface area contributed by atoms with E-state index in [9.17, 15) is 13.2 Å². The number of hydrogen-bond acceptors (Lipinski definition) is 5. The van der Waals surface area contributed by atoms with Crippen molar-refractivity contribution in [3.05, 3.63) is 78.9 Å². The molecule has 0 aliphatic rings. The number of carbonyl (C=O) groups is 1. The summed E-state index contributed by atoms with van der Waals surface area (Å²) >= 11 is 0. The largest absolute Gasteiger partial charge is 0.324 e. The first-order chi connectivity index (χ1) is 16.9. The predicted molar refractivity (Wildman–Crippen MR) is 148 cm³/mol. The number of fused-ring (bicyclic) bond motifs is 2.